The van der Waals surface area contributed by atoms with E-state index in [1.54, 1.807) is 7.11 Å². The van der Waals surface area contributed by atoms with E-state index in [9.17, 15) is 0 Å². The molecule has 2 N–H and O–H groups in total. The molecule has 1 aliphatic heterocycles. The van der Waals surface area contributed by atoms with Gasteiger partial charge >= 0.3 is 0 Å². The first-order valence-corrected chi connectivity index (χ1v) is 6.83. The normalized spacial score (nSPS) is 23.7. The highest BCUT2D eigenvalue weighted by Gasteiger charge is 2.32. The second-order valence-corrected chi connectivity index (χ2v) is 5.60. The van der Waals surface area contributed by atoms with Gasteiger partial charge in [-0.05, 0) is 39.2 Å². The average molecular weight is 264 g/mol. The van der Waals surface area contributed by atoms with E-state index >= 15 is 0 Å². The van der Waals surface area contributed by atoms with Crippen molar-refractivity contribution in [1.29, 1.82) is 0 Å². The molecule has 1 aromatic heterocycles. The number of aromatic nitrogens is 2. The summed E-state index contributed by atoms with van der Waals surface area (Å²) in [4.78, 5) is 2.26. The van der Waals surface area contributed by atoms with E-state index in [4.69, 9.17) is 10.5 Å². The minimum absolute atomic E-state index is 0.107. The van der Waals surface area contributed by atoms with Gasteiger partial charge in [0.05, 0.1) is 11.3 Å². The topological polar surface area (TPSA) is 64.3 Å². The van der Waals surface area contributed by atoms with E-state index in [0.29, 0.717) is 6.54 Å². The van der Waals surface area contributed by atoms with Crippen molar-refractivity contribution in [2.75, 3.05) is 25.1 Å². The first-order valence-electron chi connectivity index (χ1n) is 6.83. The van der Waals surface area contributed by atoms with Gasteiger partial charge in [-0.2, -0.15) is 5.10 Å². The van der Waals surface area contributed by atoms with Crippen LogP contribution in [0.15, 0.2) is 0 Å². The van der Waals surface area contributed by atoms with Crippen molar-refractivity contribution in [3.05, 3.63) is 16.8 Å². The van der Waals surface area contributed by atoms with E-state index in [1.165, 1.54) is 0 Å². The summed E-state index contributed by atoms with van der Waals surface area (Å²) in [5.41, 5.74) is 9.00. The number of anilines is 1. The fraction of sp³-hybridized carbons (Fsp3) is 0.714. The molecule has 1 unspecified atom stereocenters. The Hall–Kier alpha value is -1.20. The van der Waals surface area contributed by atoms with Gasteiger partial charge in [0.1, 0.15) is 0 Å². The smallest absolute Gasteiger partial charge is 0.156 e. The van der Waals surface area contributed by atoms with Gasteiger partial charge < -0.3 is 15.4 Å². The lowest BCUT2D eigenvalue weighted by molar-refractivity contribution is -0.00488. The Balaban J connectivity index is 2.34. The molecule has 0 radical (unpaired) electrons. The van der Waals surface area contributed by atoms with Crippen molar-refractivity contribution in [3.63, 3.8) is 0 Å². The molecule has 1 fully saturated rings. The maximum absolute atomic E-state index is 5.90. The summed E-state index contributed by atoms with van der Waals surface area (Å²) >= 11 is 0. The number of nitrogens with zero attached hydrogens (tertiary/aromatic N) is 3. The average Bonchev–Trinajstić information content (AvgIpc) is 2.41. The van der Waals surface area contributed by atoms with Crippen molar-refractivity contribution < 1.29 is 4.74 Å². The molecule has 1 atom stereocenters. The maximum Gasteiger partial charge on any atom is 0.156 e. The van der Waals surface area contributed by atoms with E-state index in [0.717, 1.165) is 48.6 Å². The number of aryl methyl sites for hydroxylation is 1. The molecule has 106 valence electrons. The number of ether oxygens (including phenoxy) is 1. The molecule has 1 aliphatic rings. The first kappa shape index (κ1) is 14.2. The van der Waals surface area contributed by atoms with Gasteiger partial charge in [0.2, 0.25) is 0 Å². The highest BCUT2D eigenvalue weighted by Crippen LogP contribution is 2.29. The van der Waals surface area contributed by atoms with Crippen LogP contribution in [-0.2, 0) is 11.3 Å². The van der Waals surface area contributed by atoms with Crippen LogP contribution in [-0.4, -0.2) is 36.0 Å². The lowest BCUT2D eigenvalue weighted by Gasteiger charge is -2.40. The Bertz CT molecular complexity index is 463. The van der Waals surface area contributed by atoms with E-state index in [-0.39, 0.29) is 5.60 Å². The Kier molecular flexibility index (Phi) is 4.06. The van der Waals surface area contributed by atoms with Crippen LogP contribution >= 0.6 is 0 Å². The molecule has 1 aromatic rings. The molecule has 0 spiro atoms. The monoisotopic (exact) mass is 264 g/mol. The van der Waals surface area contributed by atoms with Crippen molar-refractivity contribution in [3.8, 4) is 0 Å². The van der Waals surface area contributed by atoms with Gasteiger partial charge in [0, 0.05) is 32.3 Å². The molecule has 2 heterocycles. The number of hydrogen-bond donors (Lipinski definition) is 1. The standard InChI is InChI=1S/C14H24N4O/c1-10-11(2)16-17-13(12(10)8-15)18-7-5-6-14(3,9-18)19-4/h5-9,15H2,1-4H3. The summed E-state index contributed by atoms with van der Waals surface area (Å²) in [6.07, 6.45) is 2.18. The molecule has 2 rings (SSSR count). The second kappa shape index (κ2) is 5.43. The molecular weight excluding hydrogens is 240 g/mol. The highest BCUT2D eigenvalue weighted by atomic mass is 16.5. The molecule has 0 bridgehead atoms. The quantitative estimate of drug-likeness (QED) is 0.897. The number of nitrogens with two attached hydrogens (primary N) is 1. The fourth-order valence-electron chi connectivity index (χ4n) is 2.70. The predicted octanol–water partition coefficient (Wildman–Crippen LogP) is 1.56. The molecule has 0 saturated carbocycles. The van der Waals surface area contributed by atoms with Gasteiger partial charge in [-0.25, -0.2) is 0 Å². The third kappa shape index (κ3) is 2.72. The molecule has 1 saturated heterocycles. The molecule has 0 aromatic carbocycles. The van der Waals surface area contributed by atoms with Gasteiger partial charge in [0.25, 0.3) is 0 Å². The summed E-state index contributed by atoms with van der Waals surface area (Å²) in [7, 11) is 1.78. The SMILES string of the molecule is COC1(C)CCCN(c2nnc(C)c(C)c2CN)C1. The van der Waals surface area contributed by atoms with Gasteiger partial charge in [-0.15, -0.1) is 5.10 Å². The zero-order valence-corrected chi connectivity index (χ0v) is 12.4. The minimum Gasteiger partial charge on any atom is -0.377 e. The predicted molar refractivity (Wildman–Crippen MR) is 76.3 cm³/mol. The minimum atomic E-state index is -0.107. The Morgan fingerprint density at radius 3 is 2.74 bits per heavy atom. The second-order valence-electron chi connectivity index (χ2n) is 5.60. The Morgan fingerprint density at radius 2 is 2.11 bits per heavy atom. The maximum atomic E-state index is 5.90. The van der Waals surface area contributed by atoms with E-state index in [2.05, 4.69) is 28.9 Å². The van der Waals surface area contributed by atoms with Crippen LogP contribution in [0.2, 0.25) is 0 Å². The summed E-state index contributed by atoms with van der Waals surface area (Å²) < 4.78 is 5.64. The van der Waals surface area contributed by atoms with E-state index in [1.807, 2.05) is 6.92 Å². The zero-order chi connectivity index (χ0) is 14.0. The van der Waals surface area contributed by atoms with Crippen molar-refractivity contribution in [2.24, 2.45) is 5.73 Å². The lowest BCUT2D eigenvalue weighted by atomic mass is 9.94. The first-order chi connectivity index (χ1) is 9.00. The Morgan fingerprint density at radius 1 is 1.37 bits per heavy atom. The van der Waals surface area contributed by atoms with Crippen molar-refractivity contribution in [1.82, 2.24) is 10.2 Å². The Labute approximate surface area is 115 Å². The molecule has 5 nitrogen and oxygen atoms in total. The highest BCUT2D eigenvalue weighted by molar-refractivity contribution is 5.51. The molecule has 0 amide bonds. The molecular formula is C14H24N4O. The number of rotatable bonds is 3. The van der Waals surface area contributed by atoms with Crippen molar-refractivity contribution in [2.45, 2.75) is 45.8 Å². The summed E-state index contributed by atoms with van der Waals surface area (Å²) in [5, 5.41) is 8.62. The summed E-state index contributed by atoms with van der Waals surface area (Å²) in [6.45, 7) is 8.51. The largest absolute Gasteiger partial charge is 0.377 e. The zero-order valence-electron chi connectivity index (χ0n) is 12.4. The molecule has 0 aliphatic carbocycles. The number of piperidine rings is 1. The summed E-state index contributed by atoms with van der Waals surface area (Å²) in [6, 6.07) is 0. The van der Waals surface area contributed by atoms with Gasteiger partial charge in [-0.1, -0.05) is 0 Å². The van der Waals surface area contributed by atoms with E-state index < -0.39 is 0 Å². The van der Waals surface area contributed by atoms with Crippen LogP contribution in [0.3, 0.4) is 0 Å². The van der Waals surface area contributed by atoms with Crippen LogP contribution in [0.25, 0.3) is 0 Å². The van der Waals surface area contributed by atoms with Crippen LogP contribution in [0, 0.1) is 13.8 Å². The van der Waals surface area contributed by atoms with Crippen molar-refractivity contribution >= 4 is 5.82 Å². The van der Waals surface area contributed by atoms with Crippen LogP contribution in [0.4, 0.5) is 5.82 Å². The van der Waals surface area contributed by atoms with Crippen LogP contribution in [0.5, 0.6) is 0 Å². The molecule has 5 heteroatoms. The lowest BCUT2D eigenvalue weighted by Crippen LogP contribution is -2.48. The van der Waals surface area contributed by atoms with Crippen LogP contribution < -0.4 is 10.6 Å². The number of hydrogen-bond acceptors (Lipinski definition) is 5. The van der Waals surface area contributed by atoms with Gasteiger partial charge in [0.15, 0.2) is 5.82 Å². The summed E-state index contributed by atoms with van der Waals surface area (Å²) in [5.74, 6) is 0.925. The third-order valence-electron chi connectivity index (χ3n) is 4.22. The van der Waals surface area contributed by atoms with Gasteiger partial charge in [-0.3, -0.25) is 0 Å². The molecule has 19 heavy (non-hydrogen) atoms. The van der Waals surface area contributed by atoms with Crippen LogP contribution in [0.1, 0.15) is 36.6 Å². The fourth-order valence-corrected chi connectivity index (χ4v) is 2.70. The number of methoxy groups -OCH3 is 1. The third-order valence-corrected chi connectivity index (χ3v) is 4.22.